The van der Waals surface area contributed by atoms with E-state index in [4.69, 9.17) is 14.9 Å². The Morgan fingerprint density at radius 1 is 1.38 bits per heavy atom. The Labute approximate surface area is 75.4 Å². The molecular weight excluding hydrogens is 172 g/mol. The Balaban J connectivity index is 2.74. The lowest BCUT2D eigenvalue weighted by atomic mass is 10.2. The van der Waals surface area contributed by atoms with Gasteiger partial charge in [-0.3, -0.25) is 0 Å². The van der Waals surface area contributed by atoms with Crippen molar-refractivity contribution in [1.29, 1.82) is 0 Å². The maximum atomic E-state index is 11.0. The fourth-order valence-corrected chi connectivity index (χ4v) is 0.894. The van der Waals surface area contributed by atoms with Gasteiger partial charge in [0.25, 0.3) is 0 Å². The minimum Gasteiger partial charge on any atom is -0.423 e. The lowest BCUT2D eigenvalue weighted by Gasteiger charge is -1.92. The van der Waals surface area contributed by atoms with Crippen molar-refractivity contribution in [2.75, 3.05) is 13.2 Å². The number of allylic oxidation sites excluding steroid dienone is 1. The molecule has 4 heteroatoms. The molecule has 0 saturated carbocycles. The molecule has 4 nitrogen and oxygen atoms in total. The lowest BCUT2D eigenvalue weighted by Crippen LogP contribution is -1.96. The van der Waals surface area contributed by atoms with Crippen LogP contribution in [0.15, 0.2) is 35.6 Å². The number of aliphatic hydroxyl groups excluding tert-OH is 2. The zero-order chi connectivity index (χ0) is 9.68. The van der Waals surface area contributed by atoms with E-state index in [0.717, 1.165) is 0 Å². The molecule has 0 bridgehead atoms. The van der Waals surface area contributed by atoms with Crippen LogP contribution in [-0.4, -0.2) is 29.4 Å². The van der Waals surface area contributed by atoms with Crippen molar-refractivity contribution in [3.63, 3.8) is 0 Å². The Bertz CT molecular complexity index is 286. The van der Waals surface area contributed by atoms with Crippen molar-refractivity contribution in [1.82, 2.24) is 0 Å². The zero-order valence-corrected chi connectivity index (χ0v) is 6.93. The number of carbonyl (C=O) groups excluding carboxylic acids is 1. The van der Waals surface area contributed by atoms with Gasteiger partial charge in [0.2, 0.25) is 0 Å². The predicted octanol–water partition coefficient (Wildman–Crippen LogP) is -0.106. The van der Waals surface area contributed by atoms with E-state index in [1.807, 2.05) is 0 Å². The van der Waals surface area contributed by atoms with Crippen LogP contribution in [0.1, 0.15) is 0 Å². The number of esters is 1. The standard InChI is InChI=1S/C9H10O4/c10-4-1-2-7-6-8(3-5-11)13-9(7)12/h1-3,6,10-11H,4-5H2/b2-1+,8-3+. The summed E-state index contributed by atoms with van der Waals surface area (Å²) in [7, 11) is 0. The van der Waals surface area contributed by atoms with Gasteiger partial charge in [-0.1, -0.05) is 6.08 Å². The number of ether oxygens (including phenoxy) is 1. The van der Waals surface area contributed by atoms with Crippen LogP contribution in [0.5, 0.6) is 0 Å². The molecular formula is C9H10O4. The number of hydrogen-bond acceptors (Lipinski definition) is 4. The highest BCUT2D eigenvalue weighted by molar-refractivity contribution is 5.95. The third-order valence-electron chi connectivity index (χ3n) is 1.44. The summed E-state index contributed by atoms with van der Waals surface area (Å²) < 4.78 is 4.75. The van der Waals surface area contributed by atoms with Crippen LogP contribution in [0.2, 0.25) is 0 Å². The van der Waals surface area contributed by atoms with E-state index in [1.165, 1.54) is 24.3 Å². The normalized spacial score (nSPS) is 19.7. The SMILES string of the molecule is O=C1O/C(=C/CO)C=C1/C=C/CO. The highest BCUT2D eigenvalue weighted by Gasteiger charge is 2.17. The van der Waals surface area contributed by atoms with Gasteiger partial charge in [0.05, 0.1) is 18.8 Å². The third kappa shape index (κ3) is 2.54. The second kappa shape index (κ2) is 4.59. The summed E-state index contributed by atoms with van der Waals surface area (Å²) in [5, 5.41) is 17.0. The van der Waals surface area contributed by atoms with E-state index in [1.54, 1.807) is 0 Å². The summed E-state index contributed by atoms with van der Waals surface area (Å²) in [6.45, 7) is -0.292. The summed E-state index contributed by atoms with van der Waals surface area (Å²) in [4.78, 5) is 11.0. The highest BCUT2D eigenvalue weighted by Crippen LogP contribution is 2.17. The average molecular weight is 182 g/mol. The topological polar surface area (TPSA) is 66.8 Å². The maximum Gasteiger partial charge on any atom is 0.343 e. The summed E-state index contributed by atoms with van der Waals surface area (Å²) in [5.74, 6) is -0.130. The van der Waals surface area contributed by atoms with Crippen molar-refractivity contribution in [3.8, 4) is 0 Å². The summed E-state index contributed by atoms with van der Waals surface area (Å²) in [6, 6.07) is 0. The van der Waals surface area contributed by atoms with E-state index in [9.17, 15) is 4.79 Å². The number of hydrogen-bond donors (Lipinski definition) is 2. The Morgan fingerprint density at radius 2 is 2.15 bits per heavy atom. The first kappa shape index (κ1) is 9.70. The minimum atomic E-state index is -0.468. The van der Waals surface area contributed by atoms with E-state index in [0.29, 0.717) is 11.3 Å². The molecule has 0 aliphatic carbocycles. The number of rotatable bonds is 3. The van der Waals surface area contributed by atoms with Crippen molar-refractivity contribution in [3.05, 3.63) is 35.6 Å². The summed E-state index contributed by atoms with van der Waals surface area (Å²) >= 11 is 0. The molecule has 1 aliphatic heterocycles. The van der Waals surface area contributed by atoms with Gasteiger partial charge in [-0.15, -0.1) is 0 Å². The molecule has 0 aromatic heterocycles. The molecule has 0 spiro atoms. The third-order valence-corrected chi connectivity index (χ3v) is 1.44. The van der Waals surface area contributed by atoms with Gasteiger partial charge in [-0.25, -0.2) is 4.79 Å². The van der Waals surface area contributed by atoms with Crippen molar-refractivity contribution in [2.45, 2.75) is 0 Å². The summed E-state index contributed by atoms with van der Waals surface area (Å²) in [6.07, 6.45) is 5.80. The molecule has 0 radical (unpaired) electrons. The molecule has 0 aromatic rings. The molecule has 0 atom stereocenters. The molecule has 0 aromatic carbocycles. The first-order valence-electron chi connectivity index (χ1n) is 3.80. The van der Waals surface area contributed by atoms with E-state index in [-0.39, 0.29) is 13.2 Å². The molecule has 13 heavy (non-hydrogen) atoms. The zero-order valence-electron chi connectivity index (χ0n) is 6.93. The fourth-order valence-electron chi connectivity index (χ4n) is 0.894. The predicted molar refractivity (Wildman–Crippen MR) is 45.6 cm³/mol. The first-order chi connectivity index (χ1) is 6.27. The highest BCUT2D eigenvalue weighted by atomic mass is 16.5. The molecule has 1 heterocycles. The number of cyclic esters (lactones) is 1. The van der Waals surface area contributed by atoms with Gasteiger partial charge >= 0.3 is 5.97 Å². The molecule has 0 unspecified atom stereocenters. The van der Waals surface area contributed by atoms with Gasteiger partial charge in [-0.2, -0.15) is 0 Å². The van der Waals surface area contributed by atoms with Gasteiger partial charge < -0.3 is 14.9 Å². The van der Waals surface area contributed by atoms with Gasteiger partial charge in [0, 0.05) is 0 Å². The van der Waals surface area contributed by atoms with Crippen LogP contribution in [0.25, 0.3) is 0 Å². The second-order valence-corrected chi connectivity index (χ2v) is 2.36. The van der Waals surface area contributed by atoms with Crippen LogP contribution in [-0.2, 0) is 9.53 Å². The fraction of sp³-hybridized carbons (Fsp3) is 0.222. The molecule has 0 saturated heterocycles. The lowest BCUT2D eigenvalue weighted by molar-refractivity contribution is -0.132. The second-order valence-electron chi connectivity index (χ2n) is 2.36. The Morgan fingerprint density at radius 3 is 2.77 bits per heavy atom. The van der Waals surface area contributed by atoms with Crippen LogP contribution in [0, 0.1) is 0 Å². The van der Waals surface area contributed by atoms with Crippen LogP contribution in [0.3, 0.4) is 0 Å². The van der Waals surface area contributed by atoms with E-state index < -0.39 is 5.97 Å². The molecule has 1 rings (SSSR count). The monoisotopic (exact) mass is 182 g/mol. The molecule has 1 aliphatic rings. The first-order valence-corrected chi connectivity index (χ1v) is 3.80. The smallest absolute Gasteiger partial charge is 0.343 e. The Hall–Kier alpha value is -1.39. The van der Waals surface area contributed by atoms with E-state index in [2.05, 4.69) is 0 Å². The Kier molecular flexibility index (Phi) is 3.42. The molecule has 2 N–H and O–H groups in total. The number of carbonyl (C=O) groups is 1. The molecule has 70 valence electrons. The van der Waals surface area contributed by atoms with Crippen molar-refractivity contribution in [2.24, 2.45) is 0 Å². The molecule has 0 amide bonds. The minimum absolute atomic E-state index is 0.121. The molecule has 0 fully saturated rings. The summed E-state index contributed by atoms with van der Waals surface area (Å²) in [5.41, 5.74) is 0.369. The quantitative estimate of drug-likeness (QED) is 0.598. The van der Waals surface area contributed by atoms with Crippen LogP contribution < -0.4 is 0 Å². The van der Waals surface area contributed by atoms with Gasteiger partial charge in [0.15, 0.2) is 0 Å². The van der Waals surface area contributed by atoms with Gasteiger partial charge in [-0.05, 0) is 18.2 Å². The average Bonchev–Trinajstić information content (AvgIpc) is 2.44. The van der Waals surface area contributed by atoms with E-state index >= 15 is 0 Å². The van der Waals surface area contributed by atoms with Crippen molar-refractivity contribution < 1.29 is 19.7 Å². The van der Waals surface area contributed by atoms with Crippen LogP contribution in [0.4, 0.5) is 0 Å². The largest absolute Gasteiger partial charge is 0.423 e. The number of aliphatic hydroxyl groups is 2. The van der Waals surface area contributed by atoms with Crippen molar-refractivity contribution >= 4 is 5.97 Å². The maximum absolute atomic E-state index is 11.0. The van der Waals surface area contributed by atoms with Gasteiger partial charge in [0.1, 0.15) is 5.76 Å². The van der Waals surface area contributed by atoms with Crippen LogP contribution >= 0.6 is 0 Å².